The van der Waals surface area contributed by atoms with Crippen LogP contribution in [0.1, 0.15) is 6.42 Å². The summed E-state index contributed by atoms with van der Waals surface area (Å²) in [5.74, 6) is -0.797. The number of hydrogen-bond donors (Lipinski definition) is 1. The maximum Gasteiger partial charge on any atom is 0.306 e. The Hall–Kier alpha value is -0.550. The summed E-state index contributed by atoms with van der Waals surface area (Å²) < 4.78 is 12.7. The highest BCUT2D eigenvalue weighted by atomic mass is 35.5. The largest absolute Gasteiger partial charge is 0.306 e. The number of nitro groups is 1. The standard InChI is InChI=1S/C6H5ClFNO2S/c7-5-4(8)2-1-3-6(5,12)9(10)11/h1-2,12H,3H2. The highest BCUT2D eigenvalue weighted by Crippen LogP contribution is 2.38. The minimum Gasteiger partial charge on any atom is -0.263 e. The summed E-state index contributed by atoms with van der Waals surface area (Å²) in [4.78, 5) is 7.94. The summed E-state index contributed by atoms with van der Waals surface area (Å²) in [5, 5.41) is 9.98. The van der Waals surface area contributed by atoms with Gasteiger partial charge < -0.3 is 0 Å². The molecule has 1 aliphatic carbocycles. The molecular weight excluding hydrogens is 205 g/mol. The summed E-state index contributed by atoms with van der Waals surface area (Å²) in [6.07, 6.45) is 2.42. The predicted octanol–water partition coefficient (Wildman–Crippen LogP) is 2.27. The number of rotatable bonds is 1. The van der Waals surface area contributed by atoms with Gasteiger partial charge in [-0.1, -0.05) is 30.3 Å². The third-order valence-electron chi connectivity index (χ3n) is 1.53. The van der Waals surface area contributed by atoms with Crippen LogP contribution in [-0.4, -0.2) is 9.79 Å². The first-order chi connectivity index (χ1) is 5.48. The monoisotopic (exact) mass is 209 g/mol. The summed E-state index contributed by atoms with van der Waals surface area (Å²) >= 11 is 9.12. The van der Waals surface area contributed by atoms with E-state index in [-0.39, 0.29) is 6.42 Å². The van der Waals surface area contributed by atoms with Gasteiger partial charge in [-0.3, -0.25) is 10.1 Å². The van der Waals surface area contributed by atoms with Gasteiger partial charge in [-0.05, 0) is 6.08 Å². The van der Waals surface area contributed by atoms with Gasteiger partial charge in [0.05, 0.1) is 6.42 Å². The molecule has 0 bridgehead atoms. The van der Waals surface area contributed by atoms with E-state index in [1.807, 2.05) is 0 Å². The van der Waals surface area contributed by atoms with Crippen molar-refractivity contribution < 1.29 is 9.31 Å². The van der Waals surface area contributed by atoms with Crippen LogP contribution in [0.3, 0.4) is 0 Å². The van der Waals surface area contributed by atoms with E-state index in [4.69, 9.17) is 11.6 Å². The molecule has 3 nitrogen and oxygen atoms in total. The number of allylic oxidation sites excluding steroid dienone is 2. The zero-order valence-electron chi connectivity index (χ0n) is 5.83. The third kappa shape index (κ3) is 1.34. The minimum absolute atomic E-state index is 0.00460. The van der Waals surface area contributed by atoms with Crippen LogP contribution in [0, 0.1) is 10.1 Å². The highest BCUT2D eigenvalue weighted by Gasteiger charge is 2.44. The van der Waals surface area contributed by atoms with Crippen molar-refractivity contribution in [1.82, 2.24) is 0 Å². The van der Waals surface area contributed by atoms with Crippen molar-refractivity contribution in [3.8, 4) is 0 Å². The molecule has 6 heteroatoms. The van der Waals surface area contributed by atoms with E-state index >= 15 is 0 Å². The van der Waals surface area contributed by atoms with Crippen molar-refractivity contribution >= 4 is 24.2 Å². The van der Waals surface area contributed by atoms with E-state index in [0.717, 1.165) is 6.08 Å². The third-order valence-corrected chi connectivity index (χ3v) is 2.72. The molecule has 1 unspecified atom stereocenters. The van der Waals surface area contributed by atoms with Gasteiger partial charge in [-0.2, -0.15) is 0 Å². The van der Waals surface area contributed by atoms with Gasteiger partial charge in [0.15, 0.2) is 0 Å². The summed E-state index contributed by atoms with van der Waals surface area (Å²) in [7, 11) is 0. The normalized spacial score (nSPS) is 29.2. The molecule has 1 aliphatic rings. The van der Waals surface area contributed by atoms with Gasteiger partial charge in [0.1, 0.15) is 10.9 Å². The molecule has 0 saturated carbocycles. The maximum absolute atomic E-state index is 12.7. The molecular formula is C6H5ClFNO2S. The second-order valence-corrected chi connectivity index (χ2v) is 3.46. The molecule has 0 aliphatic heterocycles. The van der Waals surface area contributed by atoms with Gasteiger partial charge in [0.25, 0.3) is 0 Å². The van der Waals surface area contributed by atoms with E-state index in [1.165, 1.54) is 6.08 Å². The maximum atomic E-state index is 12.7. The molecule has 1 atom stereocenters. The molecule has 66 valence electrons. The Balaban J connectivity index is 3.12. The fourth-order valence-electron chi connectivity index (χ4n) is 0.835. The van der Waals surface area contributed by atoms with Crippen LogP contribution in [0.15, 0.2) is 23.0 Å². The zero-order valence-corrected chi connectivity index (χ0v) is 7.48. The SMILES string of the molecule is O=[N+]([O-])C1(S)CC=CC(F)=C1Cl. The number of nitrogens with zero attached hydrogens (tertiary/aromatic N) is 1. The van der Waals surface area contributed by atoms with E-state index in [0.29, 0.717) is 0 Å². The first-order valence-electron chi connectivity index (χ1n) is 3.07. The summed E-state index contributed by atoms with van der Waals surface area (Å²) in [6, 6.07) is 0. The second-order valence-electron chi connectivity index (χ2n) is 2.34. The molecule has 0 saturated heterocycles. The van der Waals surface area contributed by atoms with Crippen LogP contribution in [-0.2, 0) is 0 Å². The first-order valence-corrected chi connectivity index (χ1v) is 3.90. The lowest BCUT2D eigenvalue weighted by Crippen LogP contribution is -2.33. The van der Waals surface area contributed by atoms with Crippen molar-refractivity contribution in [2.45, 2.75) is 11.3 Å². The number of thiol groups is 1. The Morgan fingerprint density at radius 3 is 2.83 bits per heavy atom. The average molecular weight is 210 g/mol. The van der Waals surface area contributed by atoms with Gasteiger partial charge in [0.2, 0.25) is 0 Å². The fraction of sp³-hybridized carbons (Fsp3) is 0.333. The van der Waals surface area contributed by atoms with Crippen LogP contribution in [0.4, 0.5) is 4.39 Å². The molecule has 0 heterocycles. The Kier molecular flexibility index (Phi) is 2.44. The lowest BCUT2D eigenvalue weighted by Gasteiger charge is -2.19. The van der Waals surface area contributed by atoms with Crippen LogP contribution >= 0.6 is 24.2 Å². The molecule has 0 radical (unpaired) electrons. The van der Waals surface area contributed by atoms with Crippen molar-refractivity contribution in [3.05, 3.63) is 33.1 Å². The lowest BCUT2D eigenvalue weighted by atomic mass is 10.1. The van der Waals surface area contributed by atoms with E-state index in [1.54, 1.807) is 0 Å². The van der Waals surface area contributed by atoms with E-state index < -0.39 is 20.7 Å². The minimum atomic E-state index is -1.79. The fourth-order valence-corrected chi connectivity index (χ4v) is 1.26. The Bertz CT molecular complexity index is 291. The smallest absolute Gasteiger partial charge is 0.263 e. The molecule has 12 heavy (non-hydrogen) atoms. The summed E-state index contributed by atoms with van der Waals surface area (Å²) in [6.45, 7) is 0. The molecule has 0 aromatic carbocycles. The lowest BCUT2D eigenvalue weighted by molar-refractivity contribution is -0.524. The average Bonchev–Trinajstić information content (AvgIpc) is 2.00. The number of hydrogen-bond acceptors (Lipinski definition) is 3. The molecule has 0 aromatic heterocycles. The van der Waals surface area contributed by atoms with Crippen LogP contribution in [0.25, 0.3) is 0 Å². The van der Waals surface area contributed by atoms with Crippen LogP contribution < -0.4 is 0 Å². The molecule has 0 N–H and O–H groups in total. The quantitative estimate of drug-likeness (QED) is 0.312. The van der Waals surface area contributed by atoms with Crippen LogP contribution in [0.2, 0.25) is 0 Å². The molecule has 0 fully saturated rings. The molecule has 0 amide bonds. The van der Waals surface area contributed by atoms with Gasteiger partial charge in [-0.15, -0.1) is 0 Å². The second kappa shape index (κ2) is 3.06. The van der Waals surface area contributed by atoms with Crippen molar-refractivity contribution in [3.63, 3.8) is 0 Å². The van der Waals surface area contributed by atoms with Gasteiger partial charge in [0, 0.05) is 4.92 Å². The number of halogens is 2. The van der Waals surface area contributed by atoms with Gasteiger partial charge in [-0.25, -0.2) is 4.39 Å². The molecule has 0 aromatic rings. The van der Waals surface area contributed by atoms with Crippen molar-refractivity contribution in [2.75, 3.05) is 0 Å². The molecule has 0 spiro atoms. The van der Waals surface area contributed by atoms with E-state index in [9.17, 15) is 14.5 Å². The predicted molar refractivity (Wildman–Crippen MR) is 46.5 cm³/mol. The molecule has 1 rings (SSSR count). The highest BCUT2D eigenvalue weighted by molar-refractivity contribution is 7.81. The topological polar surface area (TPSA) is 43.1 Å². The van der Waals surface area contributed by atoms with Crippen molar-refractivity contribution in [1.29, 1.82) is 0 Å². The van der Waals surface area contributed by atoms with Gasteiger partial charge >= 0.3 is 4.87 Å². The van der Waals surface area contributed by atoms with Crippen LogP contribution in [0.5, 0.6) is 0 Å². The first kappa shape index (κ1) is 9.54. The van der Waals surface area contributed by atoms with Crippen molar-refractivity contribution in [2.24, 2.45) is 0 Å². The zero-order chi connectivity index (χ0) is 9.35. The Morgan fingerprint density at radius 1 is 1.83 bits per heavy atom. The Morgan fingerprint density at radius 2 is 2.42 bits per heavy atom. The Labute approximate surface area is 78.5 Å². The summed E-state index contributed by atoms with van der Waals surface area (Å²) in [5.41, 5.74) is 0. The van der Waals surface area contributed by atoms with E-state index in [2.05, 4.69) is 12.6 Å².